The highest BCUT2D eigenvalue weighted by atomic mass is 16.8. The lowest BCUT2D eigenvalue weighted by atomic mass is 9.99. The van der Waals surface area contributed by atoms with Gasteiger partial charge >= 0.3 is 5.97 Å². The van der Waals surface area contributed by atoms with Gasteiger partial charge in [0.05, 0.1) is 29.7 Å². The largest absolute Gasteiger partial charge is 0.466 e. The van der Waals surface area contributed by atoms with Gasteiger partial charge in [0.15, 0.2) is 12.1 Å². The van der Waals surface area contributed by atoms with Crippen molar-refractivity contribution in [3.05, 3.63) is 59.9 Å². The molecule has 0 bridgehead atoms. The maximum atomic E-state index is 11.6. The van der Waals surface area contributed by atoms with Gasteiger partial charge in [0.2, 0.25) is 0 Å². The number of amidine groups is 1. The van der Waals surface area contributed by atoms with Gasteiger partial charge in [-0.05, 0) is 47.0 Å². The summed E-state index contributed by atoms with van der Waals surface area (Å²) in [7, 11) is 1.34. The van der Waals surface area contributed by atoms with E-state index < -0.39 is 5.97 Å². The summed E-state index contributed by atoms with van der Waals surface area (Å²) >= 11 is 0. The van der Waals surface area contributed by atoms with Crippen LogP contribution in [0.15, 0.2) is 69.4 Å². The van der Waals surface area contributed by atoms with E-state index >= 15 is 0 Å². The van der Waals surface area contributed by atoms with Gasteiger partial charge in [-0.1, -0.05) is 43.3 Å². The van der Waals surface area contributed by atoms with Gasteiger partial charge in [0.25, 0.3) is 0 Å². The fourth-order valence-corrected chi connectivity index (χ4v) is 3.40. The van der Waals surface area contributed by atoms with Crippen LogP contribution in [0.2, 0.25) is 0 Å². The van der Waals surface area contributed by atoms with Crippen LogP contribution in [0.5, 0.6) is 0 Å². The standard InChI is InChI=1S/C26H33N3O4/c1-17(24(30)31-6)16-27-23-18(2)28-20(22(29-23)19-12-8-7-9-13-19)14-10-11-15-21-25(32-21)33-26(3,4)5/h7-9,12-13,16,21,25H,2,10-11,14-15H2,1,3-6H3/b17-16+,27-23+. The smallest absolute Gasteiger partial charge is 0.334 e. The van der Waals surface area contributed by atoms with Crippen molar-refractivity contribution in [3.63, 3.8) is 0 Å². The van der Waals surface area contributed by atoms with E-state index in [4.69, 9.17) is 24.2 Å². The molecule has 0 aliphatic carbocycles. The second-order valence-electron chi connectivity index (χ2n) is 9.11. The Balaban J connectivity index is 1.66. The number of methoxy groups -OCH3 is 1. The van der Waals surface area contributed by atoms with E-state index in [1.54, 1.807) is 6.92 Å². The molecule has 7 nitrogen and oxygen atoms in total. The van der Waals surface area contributed by atoms with Crippen molar-refractivity contribution in [3.8, 4) is 0 Å². The van der Waals surface area contributed by atoms with Crippen LogP contribution in [0.1, 0.15) is 58.9 Å². The first kappa shape index (κ1) is 24.7. The van der Waals surface area contributed by atoms with Gasteiger partial charge in [0.1, 0.15) is 11.8 Å². The zero-order chi connectivity index (χ0) is 24.0. The Bertz CT molecular complexity index is 1000. The summed E-state index contributed by atoms with van der Waals surface area (Å²) in [4.78, 5) is 25.4. The molecule has 1 aromatic rings. The maximum Gasteiger partial charge on any atom is 0.334 e. The van der Waals surface area contributed by atoms with Crippen molar-refractivity contribution in [2.75, 3.05) is 7.11 Å². The first-order valence-corrected chi connectivity index (χ1v) is 11.3. The zero-order valence-electron chi connectivity index (χ0n) is 20.1. The average Bonchev–Trinajstić information content (AvgIpc) is 3.51. The Hall–Kier alpha value is -2.90. The highest BCUT2D eigenvalue weighted by Gasteiger charge is 2.41. The molecule has 2 unspecified atom stereocenters. The Morgan fingerprint density at radius 3 is 2.61 bits per heavy atom. The van der Waals surface area contributed by atoms with Crippen LogP contribution in [0.3, 0.4) is 0 Å². The fraction of sp³-hybridized carbons (Fsp3) is 0.462. The Labute approximate surface area is 196 Å². The minimum absolute atomic E-state index is 0.0847. The van der Waals surface area contributed by atoms with E-state index in [2.05, 4.69) is 11.6 Å². The second kappa shape index (κ2) is 10.8. The van der Waals surface area contributed by atoms with E-state index in [1.165, 1.54) is 13.3 Å². The molecule has 0 radical (unpaired) electrons. The molecule has 0 aromatic heterocycles. The van der Waals surface area contributed by atoms with Crippen LogP contribution in [0, 0.1) is 0 Å². The molecule has 3 rings (SSSR count). The molecular weight excluding hydrogens is 418 g/mol. The monoisotopic (exact) mass is 451 g/mol. The van der Waals surface area contributed by atoms with Gasteiger partial charge in [-0.3, -0.25) is 0 Å². The number of carbonyl (C=O) groups is 1. The number of esters is 1. The molecule has 0 amide bonds. The summed E-state index contributed by atoms with van der Waals surface area (Å²) in [5.74, 6) is -0.0542. The number of ether oxygens (including phenoxy) is 3. The molecule has 2 aliphatic heterocycles. The Morgan fingerprint density at radius 1 is 1.21 bits per heavy atom. The molecule has 33 heavy (non-hydrogen) atoms. The molecule has 176 valence electrons. The van der Waals surface area contributed by atoms with Crippen LogP contribution in [0.4, 0.5) is 0 Å². The van der Waals surface area contributed by atoms with Crippen molar-refractivity contribution in [1.82, 2.24) is 0 Å². The topological polar surface area (TPSA) is 85.1 Å². The van der Waals surface area contributed by atoms with Crippen LogP contribution in [-0.4, -0.2) is 48.3 Å². The van der Waals surface area contributed by atoms with Gasteiger partial charge < -0.3 is 14.2 Å². The molecule has 2 aliphatic rings. The van der Waals surface area contributed by atoms with Gasteiger partial charge in [0, 0.05) is 11.8 Å². The number of benzene rings is 1. The maximum absolute atomic E-state index is 11.6. The summed E-state index contributed by atoms with van der Waals surface area (Å²) in [5.41, 5.74) is 3.29. The SMILES string of the molecule is C=C1N=C(CCCCC2OC2OC(C)(C)C)C(c2ccccc2)=N/C1=N/C=C(\C)C(=O)OC. The minimum Gasteiger partial charge on any atom is -0.466 e. The average molecular weight is 452 g/mol. The van der Waals surface area contributed by atoms with E-state index in [9.17, 15) is 4.79 Å². The minimum atomic E-state index is -0.438. The van der Waals surface area contributed by atoms with Crippen molar-refractivity contribution < 1.29 is 19.0 Å². The lowest BCUT2D eigenvalue weighted by molar-refractivity contribution is -0.136. The fourth-order valence-electron chi connectivity index (χ4n) is 3.40. The molecular formula is C26H33N3O4. The summed E-state index contributed by atoms with van der Waals surface area (Å²) < 4.78 is 16.2. The first-order valence-electron chi connectivity index (χ1n) is 11.3. The second-order valence-corrected chi connectivity index (χ2v) is 9.11. The van der Waals surface area contributed by atoms with Crippen molar-refractivity contribution in [2.45, 2.75) is 71.4 Å². The Kier molecular flexibility index (Phi) is 8.10. The summed E-state index contributed by atoms with van der Waals surface area (Å²) in [6.45, 7) is 11.8. The number of hydrogen-bond acceptors (Lipinski definition) is 6. The lowest BCUT2D eigenvalue weighted by Crippen LogP contribution is -2.23. The molecule has 1 saturated heterocycles. The Morgan fingerprint density at radius 2 is 1.94 bits per heavy atom. The summed E-state index contributed by atoms with van der Waals surface area (Å²) in [5, 5.41) is 0. The molecule has 0 spiro atoms. The van der Waals surface area contributed by atoms with E-state index in [0.717, 1.165) is 42.7 Å². The third-order valence-corrected chi connectivity index (χ3v) is 5.11. The van der Waals surface area contributed by atoms with E-state index in [0.29, 0.717) is 17.1 Å². The summed E-state index contributed by atoms with van der Waals surface area (Å²) in [6, 6.07) is 9.91. The van der Waals surface area contributed by atoms with E-state index in [-0.39, 0.29) is 18.0 Å². The first-order chi connectivity index (χ1) is 15.7. The number of epoxide rings is 1. The van der Waals surface area contributed by atoms with E-state index in [1.807, 2.05) is 51.1 Å². The molecule has 2 heterocycles. The lowest BCUT2D eigenvalue weighted by Gasteiger charge is -2.17. The normalized spacial score (nSPS) is 22.2. The van der Waals surface area contributed by atoms with Gasteiger partial charge in [-0.15, -0.1) is 0 Å². The third kappa shape index (κ3) is 7.30. The van der Waals surface area contributed by atoms with Crippen molar-refractivity contribution >= 4 is 23.2 Å². The number of nitrogens with zero attached hydrogens (tertiary/aromatic N) is 3. The highest BCUT2D eigenvalue weighted by Crippen LogP contribution is 2.32. The van der Waals surface area contributed by atoms with Gasteiger partial charge in [-0.2, -0.15) is 0 Å². The number of hydrogen-bond donors (Lipinski definition) is 0. The molecule has 7 heteroatoms. The number of rotatable bonds is 9. The van der Waals surface area contributed by atoms with Crippen LogP contribution in [0.25, 0.3) is 0 Å². The summed E-state index contributed by atoms with van der Waals surface area (Å²) in [6.07, 6.45) is 5.21. The predicted molar refractivity (Wildman–Crippen MR) is 131 cm³/mol. The molecule has 1 aromatic carbocycles. The van der Waals surface area contributed by atoms with Crippen LogP contribution in [-0.2, 0) is 19.0 Å². The molecule has 2 atom stereocenters. The number of unbranched alkanes of at least 4 members (excludes halogenated alkanes) is 1. The van der Waals surface area contributed by atoms with Crippen molar-refractivity contribution in [2.24, 2.45) is 15.0 Å². The third-order valence-electron chi connectivity index (χ3n) is 5.11. The molecule has 0 saturated carbocycles. The predicted octanol–water partition coefficient (Wildman–Crippen LogP) is 5.02. The molecule has 0 N–H and O–H groups in total. The van der Waals surface area contributed by atoms with Crippen LogP contribution >= 0.6 is 0 Å². The quantitative estimate of drug-likeness (QED) is 0.228. The molecule has 1 fully saturated rings. The van der Waals surface area contributed by atoms with Crippen LogP contribution < -0.4 is 0 Å². The highest BCUT2D eigenvalue weighted by molar-refractivity contribution is 6.51. The number of aliphatic imine (C=N–C) groups is 3. The number of carbonyl (C=O) groups excluding carboxylic acids is 1. The zero-order valence-corrected chi connectivity index (χ0v) is 20.1. The van der Waals surface area contributed by atoms with Crippen molar-refractivity contribution in [1.29, 1.82) is 0 Å². The van der Waals surface area contributed by atoms with Gasteiger partial charge in [-0.25, -0.2) is 19.8 Å².